The molecule has 0 bridgehead atoms. The number of hydrogen-bond acceptors (Lipinski definition) is 5. The predicted molar refractivity (Wildman–Crippen MR) is 96.1 cm³/mol. The van der Waals surface area contributed by atoms with Crippen LogP contribution < -0.4 is 4.74 Å². The molecule has 25 heavy (non-hydrogen) atoms. The van der Waals surface area contributed by atoms with Crippen molar-refractivity contribution in [2.75, 3.05) is 19.7 Å². The van der Waals surface area contributed by atoms with Crippen LogP contribution in [0.25, 0.3) is 0 Å². The molecule has 2 aromatic rings. The lowest BCUT2D eigenvalue weighted by atomic mass is 9.91. The van der Waals surface area contributed by atoms with Gasteiger partial charge in [-0.25, -0.2) is 0 Å². The Morgan fingerprint density at radius 2 is 1.88 bits per heavy atom. The summed E-state index contributed by atoms with van der Waals surface area (Å²) in [6.45, 7) is 3.16. The smallest absolute Gasteiger partial charge is 0.130 e. The van der Waals surface area contributed by atoms with Gasteiger partial charge in [-0.3, -0.25) is 9.88 Å². The van der Waals surface area contributed by atoms with E-state index in [2.05, 4.69) is 22.0 Å². The fourth-order valence-corrected chi connectivity index (χ4v) is 3.23. The van der Waals surface area contributed by atoms with Gasteiger partial charge < -0.3 is 14.9 Å². The quantitative estimate of drug-likeness (QED) is 0.808. The van der Waals surface area contributed by atoms with E-state index in [4.69, 9.17) is 9.84 Å². The maximum atomic E-state index is 9.74. The molecule has 5 nitrogen and oxygen atoms in total. The molecule has 1 saturated heterocycles. The highest BCUT2D eigenvalue weighted by atomic mass is 16.5. The Labute approximate surface area is 148 Å². The Morgan fingerprint density at radius 3 is 2.52 bits per heavy atom. The zero-order valence-electron chi connectivity index (χ0n) is 14.4. The van der Waals surface area contributed by atoms with Crippen molar-refractivity contribution < 1.29 is 14.9 Å². The molecule has 3 rings (SSSR count). The van der Waals surface area contributed by atoms with E-state index in [-0.39, 0.29) is 12.5 Å². The minimum atomic E-state index is -0.572. The molecular weight excluding hydrogens is 316 g/mol. The van der Waals surface area contributed by atoms with E-state index in [1.165, 1.54) is 5.56 Å². The largest absolute Gasteiger partial charge is 0.487 e. The average Bonchev–Trinajstić information content (AvgIpc) is 2.68. The minimum absolute atomic E-state index is 0.134. The third-order valence-electron chi connectivity index (χ3n) is 4.81. The molecule has 1 aromatic heterocycles. The number of nitrogens with zero attached hydrogens (tertiary/aromatic N) is 2. The molecule has 1 aromatic carbocycles. The summed E-state index contributed by atoms with van der Waals surface area (Å²) in [5.74, 6) is 1.07. The van der Waals surface area contributed by atoms with E-state index in [0.717, 1.165) is 43.9 Å². The van der Waals surface area contributed by atoms with Crippen LogP contribution in [0.15, 0.2) is 48.7 Å². The minimum Gasteiger partial charge on any atom is -0.487 e. The number of hydrogen-bond donors (Lipinski definition) is 2. The molecular formula is C20H26N2O3. The fourth-order valence-electron chi connectivity index (χ4n) is 3.23. The molecule has 1 atom stereocenters. The number of piperidine rings is 1. The van der Waals surface area contributed by atoms with Crippen molar-refractivity contribution in [2.24, 2.45) is 5.92 Å². The van der Waals surface area contributed by atoms with E-state index >= 15 is 0 Å². The first kappa shape index (κ1) is 17.9. The Kier molecular flexibility index (Phi) is 6.39. The first-order valence-electron chi connectivity index (χ1n) is 8.87. The molecule has 1 unspecified atom stereocenters. The molecule has 0 amide bonds. The molecule has 134 valence electrons. The topological polar surface area (TPSA) is 65.8 Å². The van der Waals surface area contributed by atoms with Gasteiger partial charge in [0.1, 0.15) is 12.4 Å². The summed E-state index contributed by atoms with van der Waals surface area (Å²) in [6, 6.07) is 14.0. The van der Waals surface area contributed by atoms with Gasteiger partial charge in [0.15, 0.2) is 0 Å². The van der Waals surface area contributed by atoms with Crippen LogP contribution in [0.4, 0.5) is 0 Å². The zero-order valence-corrected chi connectivity index (χ0v) is 14.4. The van der Waals surface area contributed by atoms with E-state index in [0.29, 0.717) is 6.61 Å². The number of benzene rings is 1. The SMILES string of the molecule is OCC(O)C1CCN(Cc2ccc(OCc3ccccn3)cc2)CC1. The van der Waals surface area contributed by atoms with Gasteiger partial charge in [-0.05, 0) is 61.7 Å². The standard InChI is InChI=1S/C20H26N2O3/c23-14-20(24)17-8-11-22(12-9-17)13-16-4-6-19(7-5-16)25-15-18-3-1-2-10-21-18/h1-7,10,17,20,23-24H,8-9,11-15H2. The van der Waals surface area contributed by atoms with Gasteiger partial charge >= 0.3 is 0 Å². The third-order valence-corrected chi connectivity index (χ3v) is 4.81. The molecule has 0 radical (unpaired) electrons. The lowest BCUT2D eigenvalue weighted by Gasteiger charge is -2.33. The maximum Gasteiger partial charge on any atom is 0.130 e. The number of aromatic nitrogens is 1. The molecule has 0 saturated carbocycles. The van der Waals surface area contributed by atoms with Crippen LogP contribution in [0.2, 0.25) is 0 Å². The van der Waals surface area contributed by atoms with Crippen LogP contribution in [0.5, 0.6) is 5.75 Å². The first-order chi connectivity index (χ1) is 12.2. The zero-order chi connectivity index (χ0) is 17.5. The van der Waals surface area contributed by atoms with Crippen LogP contribution in [-0.4, -0.2) is 45.9 Å². The summed E-state index contributed by atoms with van der Waals surface area (Å²) in [4.78, 5) is 6.64. The van der Waals surface area contributed by atoms with Crippen LogP contribution in [0, 0.1) is 5.92 Å². The highest BCUT2D eigenvalue weighted by molar-refractivity contribution is 5.27. The number of rotatable bonds is 7. The molecule has 2 N–H and O–H groups in total. The summed E-state index contributed by atoms with van der Waals surface area (Å²) in [6.07, 6.45) is 3.07. The van der Waals surface area contributed by atoms with Crippen LogP contribution in [0.1, 0.15) is 24.1 Å². The second kappa shape index (κ2) is 8.94. The normalized spacial score (nSPS) is 17.4. The fraction of sp³-hybridized carbons (Fsp3) is 0.450. The molecule has 0 aliphatic carbocycles. The second-order valence-electron chi connectivity index (χ2n) is 6.62. The van der Waals surface area contributed by atoms with Crippen molar-refractivity contribution in [1.82, 2.24) is 9.88 Å². The van der Waals surface area contributed by atoms with Crippen LogP contribution >= 0.6 is 0 Å². The Balaban J connectivity index is 1.45. The molecule has 1 fully saturated rings. The molecule has 1 aliphatic heterocycles. The van der Waals surface area contributed by atoms with Crippen molar-refractivity contribution in [1.29, 1.82) is 0 Å². The lowest BCUT2D eigenvalue weighted by Crippen LogP contribution is -2.38. The molecule has 2 heterocycles. The van der Waals surface area contributed by atoms with Crippen molar-refractivity contribution >= 4 is 0 Å². The highest BCUT2D eigenvalue weighted by Gasteiger charge is 2.24. The number of likely N-dealkylation sites (tertiary alicyclic amines) is 1. The summed E-state index contributed by atoms with van der Waals surface area (Å²) < 4.78 is 5.76. The van der Waals surface area contributed by atoms with Gasteiger partial charge in [0.05, 0.1) is 18.4 Å². The van der Waals surface area contributed by atoms with E-state index in [1.54, 1.807) is 6.20 Å². The van der Waals surface area contributed by atoms with E-state index in [1.807, 2.05) is 30.3 Å². The number of aliphatic hydroxyl groups is 2. The van der Waals surface area contributed by atoms with E-state index < -0.39 is 6.10 Å². The van der Waals surface area contributed by atoms with Crippen molar-refractivity contribution in [3.05, 3.63) is 59.9 Å². The van der Waals surface area contributed by atoms with Gasteiger partial charge in [0.25, 0.3) is 0 Å². The highest BCUT2D eigenvalue weighted by Crippen LogP contribution is 2.22. The monoisotopic (exact) mass is 342 g/mol. The Hall–Kier alpha value is -1.95. The first-order valence-corrected chi connectivity index (χ1v) is 8.87. The summed E-state index contributed by atoms with van der Waals surface area (Å²) in [5, 5.41) is 18.8. The Bertz CT molecular complexity index is 625. The predicted octanol–water partition coefficient (Wildman–Crippen LogP) is 2.23. The van der Waals surface area contributed by atoms with Crippen LogP contribution in [-0.2, 0) is 13.2 Å². The van der Waals surface area contributed by atoms with Crippen LogP contribution in [0.3, 0.4) is 0 Å². The van der Waals surface area contributed by atoms with Gasteiger partial charge in [-0.1, -0.05) is 18.2 Å². The van der Waals surface area contributed by atoms with Crippen molar-refractivity contribution in [3.63, 3.8) is 0 Å². The average molecular weight is 342 g/mol. The van der Waals surface area contributed by atoms with Gasteiger partial charge in [-0.2, -0.15) is 0 Å². The summed E-state index contributed by atoms with van der Waals surface area (Å²) in [7, 11) is 0. The van der Waals surface area contributed by atoms with Gasteiger partial charge in [0.2, 0.25) is 0 Å². The lowest BCUT2D eigenvalue weighted by molar-refractivity contribution is 0.0172. The molecule has 5 heteroatoms. The third kappa shape index (κ3) is 5.26. The number of ether oxygens (including phenoxy) is 1. The summed E-state index contributed by atoms with van der Waals surface area (Å²) in [5.41, 5.74) is 2.17. The second-order valence-corrected chi connectivity index (χ2v) is 6.62. The summed E-state index contributed by atoms with van der Waals surface area (Å²) >= 11 is 0. The molecule has 0 spiro atoms. The maximum absolute atomic E-state index is 9.74. The van der Waals surface area contributed by atoms with Gasteiger partial charge in [-0.15, -0.1) is 0 Å². The van der Waals surface area contributed by atoms with E-state index in [9.17, 15) is 5.11 Å². The molecule has 1 aliphatic rings. The van der Waals surface area contributed by atoms with Crippen molar-refractivity contribution in [2.45, 2.75) is 32.1 Å². The van der Waals surface area contributed by atoms with Gasteiger partial charge in [0, 0.05) is 12.7 Å². The Morgan fingerprint density at radius 1 is 1.12 bits per heavy atom. The number of aliphatic hydroxyl groups excluding tert-OH is 2. The number of pyridine rings is 1. The van der Waals surface area contributed by atoms with Crippen molar-refractivity contribution in [3.8, 4) is 5.75 Å².